The number of nitrogens with one attached hydrogen (secondary N) is 2. The fourth-order valence-corrected chi connectivity index (χ4v) is 2.61. The Balaban J connectivity index is 1.59. The van der Waals surface area contributed by atoms with E-state index in [1.54, 1.807) is 18.5 Å². The van der Waals surface area contributed by atoms with Crippen LogP contribution in [-0.2, 0) is 6.61 Å². The summed E-state index contributed by atoms with van der Waals surface area (Å²) in [5, 5.41) is 6.38. The van der Waals surface area contributed by atoms with Gasteiger partial charge < -0.3 is 15.4 Å². The molecule has 1 amide bonds. The number of hydrogen-bond acceptors (Lipinski definition) is 4. The van der Waals surface area contributed by atoms with E-state index in [0.717, 1.165) is 31.5 Å². The van der Waals surface area contributed by atoms with E-state index in [1.807, 2.05) is 30.3 Å². The minimum absolute atomic E-state index is 0.0382. The van der Waals surface area contributed by atoms with Crippen molar-refractivity contribution in [2.24, 2.45) is 0 Å². The molecule has 0 bridgehead atoms. The number of nitrogens with zero attached hydrogens (tertiary/aromatic N) is 1. The number of carbonyl (C=O) groups is 1. The second-order valence-corrected chi connectivity index (χ2v) is 5.68. The summed E-state index contributed by atoms with van der Waals surface area (Å²) in [4.78, 5) is 16.4. The summed E-state index contributed by atoms with van der Waals surface area (Å²) in [5.41, 5.74) is 1.63. The van der Waals surface area contributed by atoms with Crippen LogP contribution in [-0.4, -0.2) is 30.0 Å². The highest BCUT2D eigenvalue weighted by molar-refractivity contribution is 5.94. The Morgan fingerprint density at radius 2 is 2.13 bits per heavy atom. The lowest BCUT2D eigenvalue weighted by Gasteiger charge is -2.23. The number of amides is 1. The van der Waals surface area contributed by atoms with Crippen LogP contribution in [0.5, 0.6) is 5.75 Å². The maximum absolute atomic E-state index is 12.3. The lowest BCUT2D eigenvalue weighted by Crippen LogP contribution is -2.42. The van der Waals surface area contributed by atoms with Crippen LogP contribution in [0.15, 0.2) is 48.8 Å². The quantitative estimate of drug-likeness (QED) is 0.888. The largest absolute Gasteiger partial charge is 0.489 e. The highest BCUT2D eigenvalue weighted by atomic mass is 16.5. The summed E-state index contributed by atoms with van der Waals surface area (Å²) in [6.07, 6.45) is 5.45. The Morgan fingerprint density at radius 1 is 1.26 bits per heavy atom. The van der Waals surface area contributed by atoms with Crippen molar-refractivity contribution in [1.82, 2.24) is 15.6 Å². The Labute approximate surface area is 136 Å². The Bertz CT molecular complexity index is 640. The van der Waals surface area contributed by atoms with E-state index in [0.29, 0.717) is 17.9 Å². The van der Waals surface area contributed by atoms with Crippen molar-refractivity contribution >= 4 is 5.91 Å². The number of ether oxygens (including phenoxy) is 1. The van der Waals surface area contributed by atoms with Crippen LogP contribution in [0.3, 0.4) is 0 Å². The molecule has 2 heterocycles. The van der Waals surface area contributed by atoms with Crippen LogP contribution < -0.4 is 15.4 Å². The summed E-state index contributed by atoms with van der Waals surface area (Å²) in [7, 11) is 0. The van der Waals surface area contributed by atoms with Crippen molar-refractivity contribution in [2.75, 3.05) is 13.1 Å². The first-order valence-corrected chi connectivity index (χ1v) is 7.94. The molecule has 23 heavy (non-hydrogen) atoms. The van der Waals surface area contributed by atoms with Gasteiger partial charge >= 0.3 is 0 Å². The van der Waals surface area contributed by atoms with E-state index in [-0.39, 0.29) is 11.9 Å². The van der Waals surface area contributed by atoms with Gasteiger partial charge in [0.2, 0.25) is 0 Å². The molecule has 1 aliphatic rings. The molecule has 0 radical (unpaired) electrons. The highest BCUT2D eigenvalue weighted by Crippen LogP contribution is 2.15. The molecule has 0 saturated carbocycles. The van der Waals surface area contributed by atoms with Crippen molar-refractivity contribution in [1.29, 1.82) is 0 Å². The SMILES string of the molecule is O=C(NC1CCNCC1)c1cccc(OCc2cccnc2)c1. The average Bonchev–Trinajstić information content (AvgIpc) is 2.62. The first-order chi connectivity index (χ1) is 11.3. The molecule has 0 spiro atoms. The second-order valence-electron chi connectivity index (χ2n) is 5.68. The summed E-state index contributed by atoms with van der Waals surface area (Å²) >= 11 is 0. The van der Waals surface area contributed by atoms with Gasteiger partial charge in [0.1, 0.15) is 12.4 Å². The molecule has 1 aromatic carbocycles. The molecule has 1 saturated heterocycles. The number of benzene rings is 1. The zero-order valence-electron chi connectivity index (χ0n) is 13.0. The van der Waals surface area contributed by atoms with Gasteiger partial charge in [-0.2, -0.15) is 0 Å². The highest BCUT2D eigenvalue weighted by Gasteiger charge is 2.16. The second kappa shape index (κ2) is 7.74. The van der Waals surface area contributed by atoms with E-state index in [1.165, 1.54) is 0 Å². The molecule has 0 aliphatic carbocycles. The third-order valence-corrected chi connectivity index (χ3v) is 3.90. The van der Waals surface area contributed by atoms with Gasteiger partial charge in [0.15, 0.2) is 0 Å². The Kier molecular flexibility index (Phi) is 5.21. The fraction of sp³-hybridized carbons (Fsp3) is 0.333. The van der Waals surface area contributed by atoms with Crippen LogP contribution in [0.1, 0.15) is 28.8 Å². The number of pyridine rings is 1. The molecule has 1 aromatic heterocycles. The van der Waals surface area contributed by atoms with Gasteiger partial charge in [-0.3, -0.25) is 9.78 Å². The first kappa shape index (κ1) is 15.5. The molecule has 2 N–H and O–H groups in total. The maximum Gasteiger partial charge on any atom is 0.251 e. The first-order valence-electron chi connectivity index (χ1n) is 7.94. The van der Waals surface area contributed by atoms with Gasteiger partial charge in [0, 0.05) is 29.6 Å². The van der Waals surface area contributed by atoms with E-state index in [2.05, 4.69) is 15.6 Å². The predicted molar refractivity (Wildman–Crippen MR) is 88.4 cm³/mol. The zero-order chi connectivity index (χ0) is 15.9. The molecule has 1 fully saturated rings. The topological polar surface area (TPSA) is 63.2 Å². The van der Waals surface area contributed by atoms with E-state index < -0.39 is 0 Å². The number of aromatic nitrogens is 1. The summed E-state index contributed by atoms with van der Waals surface area (Å²) in [6.45, 7) is 2.35. The lowest BCUT2D eigenvalue weighted by molar-refractivity contribution is 0.0929. The molecule has 0 atom stereocenters. The lowest BCUT2D eigenvalue weighted by atomic mass is 10.1. The van der Waals surface area contributed by atoms with Gasteiger partial charge in [0.05, 0.1) is 0 Å². The van der Waals surface area contributed by atoms with Gasteiger partial charge in [-0.25, -0.2) is 0 Å². The van der Waals surface area contributed by atoms with Crippen LogP contribution in [0, 0.1) is 0 Å². The molecule has 0 unspecified atom stereocenters. The third-order valence-electron chi connectivity index (χ3n) is 3.90. The fourth-order valence-electron chi connectivity index (χ4n) is 2.61. The number of hydrogen-bond donors (Lipinski definition) is 2. The van der Waals surface area contributed by atoms with E-state index in [4.69, 9.17) is 4.74 Å². The molecule has 3 rings (SSSR count). The minimum atomic E-state index is -0.0382. The van der Waals surface area contributed by atoms with Crippen molar-refractivity contribution in [2.45, 2.75) is 25.5 Å². The number of rotatable bonds is 5. The van der Waals surface area contributed by atoms with Crippen LogP contribution in [0.4, 0.5) is 0 Å². The molecule has 120 valence electrons. The molecule has 5 heteroatoms. The zero-order valence-corrected chi connectivity index (χ0v) is 13.0. The summed E-state index contributed by atoms with van der Waals surface area (Å²) in [5.74, 6) is 0.649. The van der Waals surface area contributed by atoms with E-state index in [9.17, 15) is 4.79 Å². The molecule has 1 aliphatic heterocycles. The van der Waals surface area contributed by atoms with Crippen LogP contribution in [0.25, 0.3) is 0 Å². The number of piperidine rings is 1. The molecule has 5 nitrogen and oxygen atoms in total. The Hall–Kier alpha value is -2.40. The van der Waals surface area contributed by atoms with Gasteiger partial charge in [-0.15, -0.1) is 0 Å². The van der Waals surface area contributed by atoms with Crippen molar-refractivity contribution in [3.8, 4) is 5.75 Å². The van der Waals surface area contributed by atoms with Crippen LogP contribution >= 0.6 is 0 Å². The smallest absolute Gasteiger partial charge is 0.251 e. The van der Waals surface area contributed by atoms with Gasteiger partial charge in [-0.05, 0) is 50.2 Å². The molecule has 2 aromatic rings. The van der Waals surface area contributed by atoms with E-state index >= 15 is 0 Å². The average molecular weight is 311 g/mol. The normalized spacial score (nSPS) is 15.1. The van der Waals surface area contributed by atoms with Gasteiger partial charge in [-0.1, -0.05) is 12.1 Å². The van der Waals surface area contributed by atoms with Gasteiger partial charge in [0.25, 0.3) is 5.91 Å². The number of carbonyl (C=O) groups excluding carboxylic acids is 1. The summed E-state index contributed by atoms with van der Waals surface area (Å²) < 4.78 is 5.74. The van der Waals surface area contributed by atoms with Crippen molar-refractivity contribution in [3.05, 3.63) is 59.9 Å². The minimum Gasteiger partial charge on any atom is -0.489 e. The van der Waals surface area contributed by atoms with Crippen LogP contribution in [0.2, 0.25) is 0 Å². The maximum atomic E-state index is 12.3. The standard InChI is InChI=1S/C18H21N3O2/c22-18(21-16-6-9-19-10-7-16)15-4-1-5-17(11-15)23-13-14-3-2-8-20-12-14/h1-5,8,11-12,16,19H,6-7,9-10,13H2,(H,21,22). The summed E-state index contributed by atoms with van der Waals surface area (Å²) in [6, 6.07) is 11.4. The van der Waals surface area contributed by atoms with Crippen molar-refractivity contribution < 1.29 is 9.53 Å². The third kappa shape index (κ3) is 4.53. The molecular weight excluding hydrogens is 290 g/mol. The Morgan fingerprint density at radius 3 is 2.91 bits per heavy atom. The predicted octanol–water partition coefficient (Wildman–Crippen LogP) is 2.14. The monoisotopic (exact) mass is 311 g/mol. The van der Waals surface area contributed by atoms with Crippen molar-refractivity contribution in [3.63, 3.8) is 0 Å². The molecular formula is C18H21N3O2.